The molecule has 2 aromatic carbocycles. The van der Waals surface area contributed by atoms with E-state index in [4.69, 9.17) is 9.47 Å². The largest absolute Gasteiger partial charge is 0.497 e. The van der Waals surface area contributed by atoms with Crippen molar-refractivity contribution in [2.75, 3.05) is 19.5 Å². The molecular weight excluding hydrogens is 364 g/mol. The summed E-state index contributed by atoms with van der Waals surface area (Å²) in [5.41, 5.74) is 1.36. The smallest absolute Gasteiger partial charge is 0.356 e. The minimum absolute atomic E-state index is 0.0505. The topological polar surface area (TPSA) is 118 Å². The summed E-state index contributed by atoms with van der Waals surface area (Å²) in [6.45, 7) is 0. The van der Waals surface area contributed by atoms with E-state index < -0.39 is 17.8 Å². The maximum absolute atomic E-state index is 12.6. The number of aromatic carboxylic acids is 1. The van der Waals surface area contributed by atoms with Crippen LogP contribution in [0.4, 0.5) is 5.69 Å². The van der Waals surface area contributed by atoms with Crippen LogP contribution in [-0.4, -0.2) is 42.2 Å². The summed E-state index contributed by atoms with van der Waals surface area (Å²) >= 11 is 0. The van der Waals surface area contributed by atoms with Gasteiger partial charge >= 0.3 is 11.9 Å². The van der Waals surface area contributed by atoms with Gasteiger partial charge in [0.15, 0.2) is 0 Å². The van der Waals surface area contributed by atoms with E-state index in [0.29, 0.717) is 22.2 Å². The number of aromatic amines is 1. The molecule has 0 radical (unpaired) electrons. The first kappa shape index (κ1) is 19.0. The Morgan fingerprint density at radius 3 is 2.54 bits per heavy atom. The number of carbonyl (C=O) groups excluding carboxylic acids is 2. The fourth-order valence-electron chi connectivity index (χ4n) is 2.93. The number of anilines is 1. The van der Waals surface area contributed by atoms with Gasteiger partial charge in [-0.3, -0.25) is 4.79 Å². The van der Waals surface area contributed by atoms with Crippen molar-refractivity contribution in [3.63, 3.8) is 0 Å². The van der Waals surface area contributed by atoms with E-state index in [1.54, 1.807) is 36.4 Å². The van der Waals surface area contributed by atoms with Gasteiger partial charge < -0.3 is 24.9 Å². The number of ether oxygens (including phenoxy) is 2. The molecule has 8 heteroatoms. The molecular formula is C20H18N2O6. The fourth-order valence-corrected chi connectivity index (χ4v) is 2.93. The molecule has 3 N–H and O–H groups in total. The van der Waals surface area contributed by atoms with Crippen LogP contribution in [0.2, 0.25) is 0 Å². The molecule has 1 aromatic heterocycles. The van der Waals surface area contributed by atoms with Crippen molar-refractivity contribution in [1.82, 2.24) is 4.98 Å². The van der Waals surface area contributed by atoms with Gasteiger partial charge in [-0.15, -0.1) is 0 Å². The van der Waals surface area contributed by atoms with Gasteiger partial charge in [-0.25, -0.2) is 9.59 Å². The fraction of sp³-hybridized carbons (Fsp3) is 0.150. The van der Waals surface area contributed by atoms with Crippen LogP contribution in [0.15, 0.2) is 42.5 Å². The van der Waals surface area contributed by atoms with Gasteiger partial charge in [0.25, 0.3) is 0 Å². The number of aromatic nitrogens is 1. The minimum atomic E-state index is -1.11. The van der Waals surface area contributed by atoms with Crippen LogP contribution < -0.4 is 10.1 Å². The number of methoxy groups -OCH3 is 2. The number of nitrogens with one attached hydrogen (secondary N) is 2. The average Bonchev–Trinajstić information content (AvgIpc) is 3.04. The summed E-state index contributed by atoms with van der Waals surface area (Å²) in [7, 11) is 2.76. The third-order valence-electron chi connectivity index (χ3n) is 4.26. The molecule has 0 aliphatic heterocycles. The summed E-state index contributed by atoms with van der Waals surface area (Å²) < 4.78 is 9.96. The number of H-pyrrole nitrogens is 1. The summed E-state index contributed by atoms with van der Waals surface area (Å²) in [6, 6.07) is 11.4. The molecule has 0 bridgehead atoms. The highest BCUT2D eigenvalue weighted by Gasteiger charge is 2.21. The van der Waals surface area contributed by atoms with Gasteiger partial charge in [-0.1, -0.05) is 18.2 Å². The van der Waals surface area contributed by atoms with Crippen molar-refractivity contribution < 1.29 is 29.0 Å². The first-order valence-electron chi connectivity index (χ1n) is 8.33. The second kappa shape index (κ2) is 7.83. The van der Waals surface area contributed by atoms with Crippen molar-refractivity contribution in [2.45, 2.75) is 6.42 Å². The van der Waals surface area contributed by atoms with E-state index in [0.717, 1.165) is 0 Å². The number of fused-ring (bicyclic) bond motifs is 1. The third-order valence-corrected chi connectivity index (χ3v) is 4.26. The molecule has 8 nitrogen and oxygen atoms in total. The lowest BCUT2D eigenvalue weighted by Gasteiger charge is -2.08. The zero-order valence-corrected chi connectivity index (χ0v) is 15.2. The number of benzene rings is 2. The van der Waals surface area contributed by atoms with Crippen LogP contribution in [0.1, 0.15) is 26.4 Å². The predicted octanol–water partition coefficient (Wildman–Crippen LogP) is 2.84. The molecule has 0 aliphatic rings. The van der Waals surface area contributed by atoms with Gasteiger partial charge in [-0.2, -0.15) is 0 Å². The summed E-state index contributed by atoms with van der Waals surface area (Å²) in [5.74, 6) is -1.64. The molecule has 1 amide bonds. The Hall–Kier alpha value is -3.81. The molecule has 0 saturated heterocycles. The van der Waals surface area contributed by atoms with Gasteiger partial charge in [0.2, 0.25) is 5.91 Å². The Bertz CT molecular complexity index is 1070. The number of rotatable bonds is 6. The molecule has 144 valence electrons. The Labute approximate surface area is 160 Å². The second-order valence-corrected chi connectivity index (χ2v) is 5.97. The number of carboxylic acids is 1. The van der Waals surface area contributed by atoms with Crippen molar-refractivity contribution in [2.24, 2.45) is 0 Å². The molecule has 0 aliphatic carbocycles. The highest BCUT2D eigenvalue weighted by molar-refractivity contribution is 6.11. The van der Waals surface area contributed by atoms with Crippen molar-refractivity contribution in [1.29, 1.82) is 0 Å². The number of carbonyl (C=O) groups is 3. The lowest BCUT2D eigenvalue weighted by molar-refractivity contribution is -0.115. The quantitative estimate of drug-likeness (QED) is 0.564. The summed E-state index contributed by atoms with van der Waals surface area (Å²) in [5, 5.41) is 12.6. The SMILES string of the molecule is COC(=O)c1[nH]c2cc(OC)ccc2c1NC(=O)Cc1ccccc1C(=O)O. The summed E-state index contributed by atoms with van der Waals surface area (Å²) in [4.78, 5) is 39.0. The number of hydrogen-bond donors (Lipinski definition) is 3. The van der Waals surface area contributed by atoms with E-state index in [1.165, 1.54) is 20.3 Å². The normalized spacial score (nSPS) is 10.5. The predicted molar refractivity (Wildman–Crippen MR) is 102 cm³/mol. The lowest BCUT2D eigenvalue weighted by atomic mass is 10.0. The van der Waals surface area contributed by atoms with E-state index in [1.807, 2.05) is 0 Å². The standard InChI is InChI=1S/C20H18N2O6/c1-27-12-7-8-14-15(10-12)21-18(20(26)28-2)17(14)22-16(23)9-11-5-3-4-6-13(11)19(24)25/h3-8,10,21H,9H2,1-2H3,(H,22,23)(H,24,25). The zero-order chi connectivity index (χ0) is 20.3. The number of hydrogen-bond acceptors (Lipinski definition) is 5. The van der Waals surface area contributed by atoms with Crippen LogP contribution in [0.3, 0.4) is 0 Å². The van der Waals surface area contributed by atoms with Crippen LogP contribution in [0.5, 0.6) is 5.75 Å². The molecule has 28 heavy (non-hydrogen) atoms. The third kappa shape index (κ3) is 3.66. The van der Waals surface area contributed by atoms with E-state index in [2.05, 4.69) is 10.3 Å². The zero-order valence-electron chi connectivity index (χ0n) is 15.2. The number of esters is 1. The van der Waals surface area contributed by atoms with E-state index >= 15 is 0 Å². The monoisotopic (exact) mass is 382 g/mol. The van der Waals surface area contributed by atoms with Crippen molar-refractivity contribution >= 4 is 34.4 Å². The van der Waals surface area contributed by atoms with Gasteiger partial charge in [0.1, 0.15) is 11.4 Å². The molecule has 0 saturated carbocycles. The van der Waals surface area contributed by atoms with E-state index in [-0.39, 0.29) is 23.4 Å². The highest BCUT2D eigenvalue weighted by Crippen LogP contribution is 2.31. The van der Waals surface area contributed by atoms with Crippen LogP contribution in [-0.2, 0) is 16.0 Å². The number of amides is 1. The van der Waals surface area contributed by atoms with Crippen LogP contribution >= 0.6 is 0 Å². The Kier molecular flexibility index (Phi) is 5.30. The summed E-state index contributed by atoms with van der Waals surface area (Å²) in [6.07, 6.45) is -0.161. The molecule has 0 fully saturated rings. The van der Waals surface area contributed by atoms with Crippen LogP contribution in [0.25, 0.3) is 10.9 Å². The first-order chi connectivity index (χ1) is 13.4. The Morgan fingerprint density at radius 2 is 1.86 bits per heavy atom. The second-order valence-electron chi connectivity index (χ2n) is 5.97. The van der Waals surface area contributed by atoms with Crippen molar-refractivity contribution in [3.8, 4) is 5.75 Å². The molecule has 0 atom stereocenters. The maximum Gasteiger partial charge on any atom is 0.356 e. The Morgan fingerprint density at radius 1 is 1.11 bits per heavy atom. The maximum atomic E-state index is 12.6. The molecule has 3 rings (SSSR count). The molecule has 0 unspecified atom stereocenters. The Balaban J connectivity index is 1.96. The van der Waals surface area contributed by atoms with Crippen molar-refractivity contribution in [3.05, 3.63) is 59.3 Å². The van der Waals surface area contributed by atoms with Crippen LogP contribution in [0, 0.1) is 0 Å². The molecule has 3 aromatic rings. The molecule has 0 spiro atoms. The van der Waals surface area contributed by atoms with Gasteiger partial charge in [0.05, 0.1) is 37.4 Å². The van der Waals surface area contributed by atoms with Gasteiger partial charge in [-0.05, 0) is 23.8 Å². The average molecular weight is 382 g/mol. The van der Waals surface area contributed by atoms with E-state index in [9.17, 15) is 19.5 Å². The lowest BCUT2D eigenvalue weighted by Crippen LogP contribution is -2.18. The first-order valence-corrected chi connectivity index (χ1v) is 8.33. The highest BCUT2D eigenvalue weighted by atomic mass is 16.5. The van der Waals surface area contributed by atoms with Gasteiger partial charge in [0, 0.05) is 11.5 Å². The number of carboxylic acid groups (broad SMARTS) is 1. The molecule has 1 heterocycles. The minimum Gasteiger partial charge on any atom is -0.497 e.